The predicted octanol–water partition coefficient (Wildman–Crippen LogP) is 3.78. The zero-order valence-electron chi connectivity index (χ0n) is 15.9. The van der Waals surface area contributed by atoms with Crippen molar-refractivity contribution < 1.29 is 4.79 Å². The van der Waals surface area contributed by atoms with E-state index in [1.165, 1.54) is 19.3 Å². The molecular weight excluding hydrogens is 332 g/mol. The summed E-state index contributed by atoms with van der Waals surface area (Å²) in [5.74, 6) is 0.879. The predicted molar refractivity (Wildman–Crippen MR) is 108 cm³/mol. The number of likely N-dealkylation sites (tertiary alicyclic amines) is 1. The summed E-state index contributed by atoms with van der Waals surface area (Å²) >= 11 is 0. The van der Waals surface area contributed by atoms with E-state index in [1.54, 1.807) is 11.1 Å². The maximum absolute atomic E-state index is 12.6. The molecule has 3 heteroatoms. The summed E-state index contributed by atoms with van der Waals surface area (Å²) in [6, 6.07) is 19.4. The van der Waals surface area contributed by atoms with Gasteiger partial charge >= 0.3 is 0 Å². The number of hydrogen-bond donors (Lipinski definition) is 1. The zero-order valence-corrected chi connectivity index (χ0v) is 15.9. The van der Waals surface area contributed by atoms with Crippen molar-refractivity contribution in [1.82, 2.24) is 10.2 Å². The van der Waals surface area contributed by atoms with E-state index < -0.39 is 0 Å². The van der Waals surface area contributed by atoms with E-state index in [2.05, 4.69) is 29.6 Å². The fourth-order valence-electron chi connectivity index (χ4n) is 5.28. The van der Waals surface area contributed by atoms with Crippen LogP contribution in [0.2, 0.25) is 0 Å². The number of piperidine rings is 1. The van der Waals surface area contributed by atoms with Crippen LogP contribution >= 0.6 is 0 Å². The van der Waals surface area contributed by atoms with Crippen LogP contribution in [0, 0.1) is 5.92 Å². The number of amides is 1. The van der Waals surface area contributed by atoms with Gasteiger partial charge in [-0.15, -0.1) is 0 Å². The highest BCUT2D eigenvalue weighted by Crippen LogP contribution is 2.56. The molecule has 2 aromatic carbocycles. The Hall–Kier alpha value is -2.13. The van der Waals surface area contributed by atoms with Gasteiger partial charge in [0.2, 0.25) is 0 Å². The second-order valence-corrected chi connectivity index (χ2v) is 8.58. The first kappa shape index (κ1) is 17.0. The first-order chi connectivity index (χ1) is 13.3. The highest BCUT2D eigenvalue weighted by Gasteiger charge is 2.57. The van der Waals surface area contributed by atoms with Crippen molar-refractivity contribution in [2.45, 2.75) is 43.6 Å². The third-order valence-corrected chi connectivity index (χ3v) is 7.04. The Bertz CT molecular complexity index is 825. The number of rotatable bonds is 4. The number of fused-ring (bicyclic) bond motifs is 2. The Morgan fingerprint density at radius 1 is 1.04 bits per heavy atom. The van der Waals surface area contributed by atoms with E-state index >= 15 is 0 Å². The molecule has 1 saturated heterocycles. The maximum Gasteiger partial charge on any atom is 0.253 e. The van der Waals surface area contributed by atoms with Gasteiger partial charge in [0, 0.05) is 30.1 Å². The third kappa shape index (κ3) is 3.08. The maximum atomic E-state index is 12.6. The number of benzene rings is 2. The lowest BCUT2D eigenvalue weighted by atomic mass is 9.95. The summed E-state index contributed by atoms with van der Waals surface area (Å²) in [5.41, 5.74) is 4.41. The van der Waals surface area contributed by atoms with Crippen LogP contribution in [0.15, 0.2) is 54.6 Å². The molecule has 2 aromatic rings. The highest BCUT2D eigenvalue weighted by atomic mass is 16.2. The van der Waals surface area contributed by atoms with Gasteiger partial charge < -0.3 is 10.2 Å². The molecule has 1 spiro atoms. The first-order valence-corrected chi connectivity index (χ1v) is 10.4. The minimum absolute atomic E-state index is 0.186. The standard InChI is InChI=1S/C24H28N2O/c27-23(20-7-2-1-3-8-20)26-14-11-18(12-15-26)17-25-22-16-24(22)13-10-19-6-4-5-9-21(19)24/h1-9,18,22,25H,10-17H2/t22-,24+/m1/s1. The number of nitrogens with one attached hydrogen (secondary N) is 1. The largest absolute Gasteiger partial charge is 0.339 e. The lowest BCUT2D eigenvalue weighted by Gasteiger charge is -2.32. The molecule has 0 bridgehead atoms. The van der Waals surface area contributed by atoms with Crippen LogP contribution in [-0.2, 0) is 11.8 Å². The molecule has 1 saturated carbocycles. The molecule has 0 radical (unpaired) electrons. The lowest BCUT2D eigenvalue weighted by Crippen LogP contribution is -2.41. The molecule has 0 aromatic heterocycles. The molecular formula is C24H28N2O. The molecule has 2 atom stereocenters. The van der Waals surface area contributed by atoms with Crippen molar-refractivity contribution >= 4 is 5.91 Å². The number of nitrogens with zero attached hydrogens (tertiary/aromatic N) is 1. The molecule has 3 nitrogen and oxygen atoms in total. The van der Waals surface area contributed by atoms with Crippen molar-refractivity contribution in [2.24, 2.45) is 5.92 Å². The van der Waals surface area contributed by atoms with Gasteiger partial charge in [-0.05, 0) is 67.8 Å². The van der Waals surface area contributed by atoms with Gasteiger partial charge in [-0.1, -0.05) is 42.5 Å². The van der Waals surface area contributed by atoms with Gasteiger partial charge in [0.25, 0.3) is 5.91 Å². The fourth-order valence-corrected chi connectivity index (χ4v) is 5.28. The number of carbonyl (C=O) groups excluding carboxylic acids is 1. The number of hydrogen-bond acceptors (Lipinski definition) is 2. The van der Waals surface area contributed by atoms with Gasteiger partial charge in [0.1, 0.15) is 0 Å². The molecule has 1 heterocycles. The van der Waals surface area contributed by atoms with E-state index in [4.69, 9.17) is 0 Å². The van der Waals surface area contributed by atoms with Crippen LogP contribution in [0.3, 0.4) is 0 Å². The van der Waals surface area contributed by atoms with Gasteiger partial charge in [-0.25, -0.2) is 0 Å². The summed E-state index contributed by atoms with van der Waals surface area (Å²) < 4.78 is 0. The minimum atomic E-state index is 0.186. The van der Waals surface area contributed by atoms with Gasteiger partial charge in [-0.3, -0.25) is 4.79 Å². The van der Waals surface area contributed by atoms with E-state index in [9.17, 15) is 4.79 Å². The smallest absolute Gasteiger partial charge is 0.253 e. The molecule has 1 N–H and O–H groups in total. The van der Waals surface area contributed by atoms with Crippen LogP contribution in [0.1, 0.15) is 47.2 Å². The van der Waals surface area contributed by atoms with Crippen LogP contribution in [-0.4, -0.2) is 36.5 Å². The molecule has 0 unspecified atom stereocenters. The summed E-state index contributed by atoms with van der Waals surface area (Å²) in [7, 11) is 0. The zero-order chi connectivity index (χ0) is 18.3. The second kappa shape index (κ2) is 6.79. The Kier molecular flexibility index (Phi) is 4.28. The monoisotopic (exact) mass is 360 g/mol. The van der Waals surface area contributed by atoms with Crippen molar-refractivity contribution in [3.8, 4) is 0 Å². The van der Waals surface area contributed by atoms with E-state index in [0.29, 0.717) is 17.4 Å². The van der Waals surface area contributed by atoms with E-state index in [-0.39, 0.29) is 5.91 Å². The molecule has 5 rings (SSSR count). The lowest BCUT2D eigenvalue weighted by molar-refractivity contribution is 0.0689. The molecule has 1 aliphatic heterocycles. The Labute approximate surface area is 161 Å². The Morgan fingerprint density at radius 2 is 1.78 bits per heavy atom. The van der Waals surface area contributed by atoms with Crippen molar-refractivity contribution in [3.05, 3.63) is 71.3 Å². The van der Waals surface area contributed by atoms with Crippen molar-refractivity contribution in [1.29, 1.82) is 0 Å². The molecule has 3 aliphatic rings. The molecule has 1 amide bonds. The Morgan fingerprint density at radius 3 is 2.59 bits per heavy atom. The Balaban J connectivity index is 1.12. The van der Waals surface area contributed by atoms with Gasteiger partial charge in [0.15, 0.2) is 0 Å². The summed E-state index contributed by atoms with van der Waals surface area (Å²) in [6.07, 6.45) is 6.08. The summed E-state index contributed by atoms with van der Waals surface area (Å²) in [6.45, 7) is 2.87. The second-order valence-electron chi connectivity index (χ2n) is 8.58. The minimum Gasteiger partial charge on any atom is -0.339 e. The van der Waals surface area contributed by atoms with Crippen molar-refractivity contribution in [2.75, 3.05) is 19.6 Å². The van der Waals surface area contributed by atoms with Gasteiger partial charge in [0.05, 0.1) is 0 Å². The molecule has 27 heavy (non-hydrogen) atoms. The first-order valence-electron chi connectivity index (χ1n) is 10.4. The quantitative estimate of drug-likeness (QED) is 0.900. The number of carbonyl (C=O) groups is 1. The topological polar surface area (TPSA) is 32.3 Å². The summed E-state index contributed by atoms with van der Waals surface area (Å²) in [4.78, 5) is 14.6. The highest BCUT2D eigenvalue weighted by molar-refractivity contribution is 5.94. The third-order valence-electron chi connectivity index (χ3n) is 7.04. The average Bonchev–Trinajstić information content (AvgIpc) is 3.33. The van der Waals surface area contributed by atoms with Crippen LogP contribution < -0.4 is 5.32 Å². The van der Waals surface area contributed by atoms with Crippen molar-refractivity contribution in [3.63, 3.8) is 0 Å². The number of aryl methyl sites for hydroxylation is 1. The normalized spacial score (nSPS) is 27.0. The fraction of sp³-hybridized carbons (Fsp3) is 0.458. The van der Waals surface area contributed by atoms with Crippen LogP contribution in [0.5, 0.6) is 0 Å². The SMILES string of the molecule is O=C(c1ccccc1)N1CCC(CN[C@@H]2C[C@]23CCc2ccccc23)CC1. The molecule has 2 fully saturated rings. The van der Waals surface area contributed by atoms with Gasteiger partial charge in [-0.2, -0.15) is 0 Å². The molecule has 2 aliphatic carbocycles. The van der Waals surface area contributed by atoms with Crippen LogP contribution in [0.25, 0.3) is 0 Å². The van der Waals surface area contributed by atoms with E-state index in [1.807, 2.05) is 35.2 Å². The van der Waals surface area contributed by atoms with E-state index in [0.717, 1.165) is 38.0 Å². The van der Waals surface area contributed by atoms with Crippen LogP contribution in [0.4, 0.5) is 0 Å². The average molecular weight is 361 g/mol. The molecule has 140 valence electrons. The summed E-state index contributed by atoms with van der Waals surface area (Å²) in [5, 5.41) is 3.87.